The molecule has 0 spiro atoms. The van der Waals surface area contributed by atoms with Crippen molar-refractivity contribution in [2.75, 3.05) is 18.1 Å². The lowest BCUT2D eigenvalue weighted by atomic mass is 9.93. The fraction of sp³-hybridized carbons (Fsp3) is 1.00. The molecule has 1 rings (SSSR count). The molecule has 3 atom stereocenters. The molecule has 90 valence electrons. The van der Waals surface area contributed by atoms with E-state index < -0.39 is 0 Å². The van der Waals surface area contributed by atoms with Gasteiger partial charge in [0.15, 0.2) is 0 Å². The van der Waals surface area contributed by atoms with Gasteiger partial charge in [-0.25, -0.2) is 0 Å². The third kappa shape index (κ3) is 4.36. The minimum absolute atomic E-state index is 0.807. The van der Waals surface area contributed by atoms with E-state index in [2.05, 4.69) is 37.8 Å². The van der Waals surface area contributed by atoms with Crippen LogP contribution >= 0.6 is 11.8 Å². The third-order valence-electron chi connectivity index (χ3n) is 3.83. The Bertz CT molecular complexity index is 161. The molecule has 15 heavy (non-hydrogen) atoms. The Labute approximate surface area is 99.8 Å². The summed E-state index contributed by atoms with van der Waals surface area (Å²) in [4.78, 5) is 0. The number of hydrogen-bond donors (Lipinski definition) is 1. The van der Waals surface area contributed by atoms with E-state index in [1.807, 2.05) is 0 Å². The molecule has 0 amide bonds. The van der Waals surface area contributed by atoms with Crippen LogP contribution in [0.5, 0.6) is 0 Å². The minimum Gasteiger partial charge on any atom is -0.314 e. The van der Waals surface area contributed by atoms with Crippen LogP contribution in [0, 0.1) is 11.8 Å². The number of nitrogens with one attached hydrogen (secondary N) is 1. The van der Waals surface area contributed by atoms with Crippen LogP contribution in [-0.4, -0.2) is 24.1 Å². The Balaban J connectivity index is 2.07. The smallest absolute Gasteiger partial charge is 0.00954 e. The van der Waals surface area contributed by atoms with Gasteiger partial charge in [-0.1, -0.05) is 27.2 Å². The minimum atomic E-state index is 0.807. The molecule has 1 aliphatic carbocycles. The van der Waals surface area contributed by atoms with Gasteiger partial charge in [0, 0.05) is 6.04 Å². The van der Waals surface area contributed by atoms with Crippen LogP contribution in [0.4, 0.5) is 0 Å². The average molecular weight is 229 g/mol. The molecule has 0 aliphatic heterocycles. The molecule has 1 aliphatic rings. The average Bonchev–Trinajstić information content (AvgIpc) is 2.60. The molecule has 1 nitrogen and oxygen atoms in total. The van der Waals surface area contributed by atoms with Crippen LogP contribution in [-0.2, 0) is 0 Å². The van der Waals surface area contributed by atoms with E-state index in [-0.39, 0.29) is 0 Å². The number of hydrogen-bond acceptors (Lipinski definition) is 2. The molecule has 0 aromatic carbocycles. The van der Waals surface area contributed by atoms with E-state index in [0.717, 1.165) is 17.9 Å². The predicted molar refractivity (Wildman–Crippen MR) is 71.6 cm³/mol. The molecular weight excluding hydrogens is 202 g/mol. The summed E-state index contributed by atoms with van der Waals surface area (Å²) >= 11 is 2.06. The molecule has 0 aromatic heterocycles. The highest BCUT2D eigenvalue weighted by molar-refractivity contribution is 7.99. The van der Waals surface area contributed by atoms with Gasteiger partial charge in [-0.05, 0) is 49.1 Å². The summed E-state index contributed by atoms with van der Waals surface area (Å²) in [5, 5.41) is 3.74. The van der Waals surface area contributed by atoms with Crippen LogP contribution in [0.25, 0.3) is 0 Å². The Morgan fingerprint density at radius 2 is 2.07 bits per heavy atom. The van der Waals surface area contributed by atoms with E-state index in [1.54, 1.807) is 0 Å². The zero-order valence-corrected chi connectivity index (χ0v) is 11.4. The Morgan fingerprint density at radius 3 is 2.67 bits per heavy atom. The van der Waals surface area contributed by atoms with E-state index in [1.165, 1.54) is 43.7 Å². The topological polar surface area (TPSA) is 12.0 Å². The van der Waals surface area contributed by atoms with Crippen molar-refractivity contribution >= 4 is 11.8 Å². The fourth-order valence-corrected chi connectivity index (χ4v) is 3.35. The van der Waals surface area contributed by atoms with Gasteiger partial charge in [-0.15, -0.1) is 0 Å². The highest BCUT2D eigenvalue weighted by atomic mass is 32.2. The molecule has 0 bridgehead atoms. The summed E-state index contributed by atoms with van der Waals surface area (Å²) in [6.45, 7) is 8.22. The monoisotopic (exact) mass is 229 g/mol. The highest BCUT2D eigenvalue weighted by Crippen LogP contribution is 2.33. The second-order valence-corrected chi connectivity index (χ2v) is 6.11. The molecule has 1 saturated carbocycles. The molecule has 0 heterocycles. The van der Waals surface area contributed by atoms with Gasteiger partial charge >= 0.3 is 0 Å². The van der Waals surface area contributed by atoms with Crippen molar-refractivity contribution in [3.8, 4) is 0 Å². The molecular formula is C13H27NS. The molecule has 1 N–H and O–H groups in total. The standard InChI is InChI=1S/C13H27NS/c1-4-12-7-8-13(11(12)3)14-9-6-10-15-5-2/h11-14H,4-10H2,1-3H3. The van der Waals surface area contributed by atoms with Crippen LogP contribution in [0.3, 0.4) is 0 Å². The van der Waals surface area contributed by atoms with Crippen molar-refractivity contribution in [1.29, 1.82) is 0 Å². The Kier molecular flexibility index (Phi) is 6.74. The number of thioether (sulfide) groups is 1. The van der Waals surface area contributed by atoms with E-state index in [4.69, 9.17) is 0 Å². The first-order valence-corrected chi connectivity index (χ1v) is 7.76. The summed E-state index contributed by atoms with van der Waals surface area (Å²) in [5.41, 5.74) is 0. The largest absolute Gasteiger partial charge is 0.314 e. The van der Waals surface area contributed by atoms with Crippen LogP contribution in [0.15, 0.2) is 0 Å². The summed E-state index contributed by atoms with van der Waals surface area (Å²) in [6.07, 6.45) is 5.54. The van der Waals surface area contributed by atoms with Crippen molar-refractivity contribution in [3.63, 3.8) is 0 Å². The van der Waals surface area contributed by atoms with Crippen LogP contribution < -0.4 is 5.32 Å². The second-order valence-electron chi connectivity index (χ2n) is 4.72. The quantitative estimate of drug-likeness (QED) is 0.670. The lowest BCUT2D eigenvalue weighted by Crippen LogP contribution is -2.33. The fourth-order valence-electron chi connectivity index (χ4n) is 2.72. The Morgan fingerprint density at radius 1 is 1.27 bits per heavy atom. The van der Waals surface area contributed by atoms with E-state index >= 15 is 0 Å². The van der Waals surface area contributed by atoms with Crippen LogP contribution in [0.1, 0.15) is 46.5 Å². The van der Waals surface area contributed by atoms with Crippen molar-refractivity contribution in [3.05, 3.63) is 0 Å². The lowest BCUT2D eigenvalue weighted by molar-refractivity contribution is 0.346. The molecule has 3 unspecified atom stereocenters. The summed E-state index contributed by atoms with van der Waals surface area (Å²) < 4.78 is 0. The van der Waals surface area contributed by atoms with Crippen molar-refractivity contribution in [2.45, 2.75) is 52.5 Å². The van der Waals surface area contributed by atoms with E-state index in [9.17, 15) is 0 Å². The van der Waals surface area contributed by atoms with Gasteiger partial charge in [0.1, 0.15) is 0 Å². The maximum atomic E-state index is 3.74. The summed E-state index contributed by atoms with van der Waals surface area (Å²) in [6, 6.07) is 0.807. The zero-order valence-electron chi connectivity index (χ0n) is 10.6. The predicted octanol–water partition coefficient (Wildman–Crippen LogP) is 3.54. The highest BCUT2D eigenvalue weighted by Gasteiger charge is 2.30. The van der Waals surface area contributed by atoms with Crippen LogP contribution in [0.2, 0.25) is 0 Å². The summed E-state index contributed by atoms with van der Waals surface area (Å²) in [5.74, 6) is 4.46. The van der Waals surface area contributed by atoms with E-state index in [0.29, 0.717) is 0 Å². The SMILES string of the molecule is CCSCCCNC1CCC(CC)C1C. The molecule has 0 aromatic rings. The molecule has 1 fully saturated rings. The number of rotatable bonds is 7. The molecule has 0 saturated heterocycles. The van der Waals surface area contributed by atoms with Gasteiger partial charge in [0.25, 0.3) is 0 Å². The van der Waals surface area contributed by atoms with Crippen molar-refractivity contribution < 1.29 is 0 Å². The first-order valence-electron chi connectivity index (χ1n) is 6.60. The maximum absolute atomic E-state index is 3.74. The second kappa shape index (κ2) is 7.56. The normalized spacial score (nSPS) is 31.0. The third-order valence-corrected chi connectivity index (χ3v) is 4.81. The maximum Gasteiger partial charge on any atom is 0.00954 e. The molecule has 0 radical (unpaired) electrons. The van der Waals surface area contributed by atoms with Crippen molar-refractivity contribution in [1.82, 2.24) is 5.32 Å². The summed E-state index contributed by atoms with van der Waals surface area (Å²) in [7, 11) is 0. The molecule has 2 heteroatoms. The van der Waals surface area contributed by atoms with Gasteiger partial charge < -0.3 is 5.32 Å². The van der Waals surface area contributed by atoms with Gasteiger partial charge in [0.05, 0.1) is 0 Å². The van der Waals surface area contributed by atoms with Gasteiger partial charge in [0.2, 0.25) is 0 Å². The van der Waals surface area contributed by atoms with Crippen molar-refractivity contribution in [2.24, 2.45) is 11.8 Å². The Hall–Kier alpha value is 0.310. The lowest BCUT2D eigenvalue weighted by Gasteiger charge is -2.20. The van der Waals surface area contributed by atoms with Gasteiger partial charge in [-0.2, -0.15) is 11.8 Å². The first-order chi connectivity index (χ1) is 7.29. The van der Waals surface area contributed by atoms with Gasteiger partial charge in [-0.3, -0.25) is 0 Å². The zero-order chi connectivity index (χ0) is 11.1. The first kappa shape index (κ1) is 13.4.